The van der Waals surface area contributed by atoms with Gasteiger partial charge in [0, 0.05) is 24.1 Å². The van der Waals surface area contributed by atoms with Crippen LogP contribution in [0.5, 0.6) is 0 Å². The lowest BCUT2D eigenvalue weighted by atomic mass is 9.90. The van der Waals surface area contributed by atoms with Gasteiger partial charge in [0.2, 0.25) is 0 Å². The first-order valence-electron chi connectivity index (χ1n) is 6.79. The molecule has 0 bridgehead atoms. The Bertz CT molecular complexity index is 687. The lowest BCUT2D eigenvalue weighted by molar-refractivity contribution is 0.660. The lowest BCUT2D eigenvalue weighted by Crippen LogP contribution is -2.08. The first-order chi connectivity index (χ1) is 9.25. The summed E-state index contributed by atoms with van der Waals surface area (Å²) in [6.07, 6.45) is 1.70. The van der Waals surface area contributed by atoms with Crippen molar-refractivity contribution in [1.82, 2.24) is 0 Å². The topological polar surface area (TPSA) is 49.9 Å². The van der Waals surface area contributed by atoms with Crippen LogP contribution in [0.15, 0.2) is 42.5 Å². The number of benzene rings is 2. The zero-order chi connectivity index (χ0) is 13.0. The van der Waals surface area contributed by atoms with E-state index in [1.807, 2.05) is 6.07 Å². The van der Waals surface area contributed by atoms with Crippen molar-refractivity contribution >= 4 is 5.71 Å². The van der Waals surface area contributed by atoms with Gasteiger partial charge in [-0.05, 0) is 34.2 Å². The van der Waals surface area contributed by atoms with Crippen LogP contribution in [0, 0.1) is 5.41 Å². The van der Waals surface area contributed by atoms with E-state index in [0.29, 0.717) is 5.92 Å². The maximum atomic E-state index is 8.38. The summed E-state index contributed by atoms with van der Waals surface area (Å²) in [6, 6.07) is 14.9. The number of nitrogens with two attached hydrogens (primary N) is 1. The molecule has 0 heterocycles. The second-order valence-electron chi connectivity index (χ2n) is 5.56. The zero-order valence-corrected chi connectivity index (χ0v) is 10.7. The minimum absolute atomic E-state index is 0.110. The van der Waals surface area contributed by atoms with E-state index in [4.69, 9.17) is 11.1 Å². The molecule has 2 aromatic rings. The van der Waals surface area contributed by atoms with Crippen LogP contribution >= 0.6 is 0 Å². The van der Waals surface area contributed by atoms with E-state index in [1.165, 1.54) is 22.3 Å². The van der Waals surface area contributed by atoms with Crippen LogP contribution in [0.4, 0.5) is 0 Å². The van der Waals surface area contributed by atoms with Crippen LogP contribution in [0.2, 0.25) is 0 Å². The molecule has 94 valence electrons. The number of nitrogens with one attached hydrogen (secondary N) is 1. The molecule has 2 atom stereocenters. The number of hydrogen-bond acceptors (Lipinski definition) is 2. The van der Waals surface area contributed by atoms with Crippen molar-refractivity contribution in [3.05, 3.63) is 70.3 Å². The molecule has 2 aliphatic rings. The average molecular weight is 248 g/mol. The summed E-state index contributed by atoms with van der Waals surface area (Å²) < 4.78 is 0. The molecule has 0 saturated heterocycles. The summed E-state index contributed by atoms with van der Waals surface area (Å²) in [7, 11) is 0. The van der Waals surface area contributed by atoms with Gasteiger partial charge < -0.3 is 11.1 Å². The molecule has 0 aromatic heterocycles. The fraction of sp³-hybridized carbons (Fsp3) is 0.235. The summed E-state index contributed by atoms with van der Waals surface area (Å²) in [4.78, 5) is 0. The second-order valence-corrected chi connectivity index (χ2v) is 5.56. The van der Waals surface area contributed by atoms with Crippen molar-refractivity contribution in [3.8, 4) is 0 Å². The second kappa shape index (κ2) is 3.78. The summed E-state index contributed by atoms with van der Waals surface area (Å²) in [5.74, 6) is 0.375. The Morgan fingerprint density at radius 1 is 1.00 bits per heavy atom. The van der Waals surface area contributed by atoms with Gasteiger partial charge in [0.1, 0.15) is 0 Å². The smallest absolute Gasteiger partial charge is 0.0433 e. The molecule has 19 heavy (non-hydrogen) atoms. The van der Waals surface area contributed by atoms with E-state index in [0.717, 1.165) is 24.1 Å². The van der Waals surface area contributed by atoms with Crippen molar-refractivity contribution in [1.29, 1.82) is 5.41 Å². The largest absolute Gasteiger partial charge is 0.324 e. The Balaban J connectivity index is 2.05. The predicted molar refractivity (Wildman–Crippen MR) is 76.8 cm³/mol. The molecule has 0 amide bonds. The van der Waals surface area contributed by atoms with E-state index in [9.17, 15) is 0 Å². The van der Waals surface area contributed by atoms with Crippen LogP contribution in [0.1, 0.15) is 46.2 Å². The molecular weight excluding hydrogens is 232 g/mol. The Morgan fingerprint density at radius 2 is 1.79 bits per heavy atom. The summed E-state index contributed by atoms with van der Waals surface area (Å²) in [6.45, 7) is 0. The monoisotopic (exact) mass is 248 g/mol. The number of fused-ring (bicyclic) bond motifs is 2. The SMILES string of the molecule is N=C1Cc2ccccc2C2CC(N)c3cccc1c32. The number of hydrogen-bond donors (Lipinski definition) is 2. The third-order valence-electron chi connectivity index (χ3n) is 4.50. The molecule has 0 fully saturated rings. The fourth-order valence-corrected chi connectivity index (χ4v) is 3.66. The number of rotatable bonds is 0. The van der Waals surface area contributed by atoms with Crippen LogP contribution in [0.25, 0.3) is 0 Å². The summed E-state index contributed by atoms with van der Waals surface area (Å²) in [5.41, 5.74) is 13.3. The average Bonchev–Trinajstić information content (AvgIpc) is 2.71. The van der Waals surface area contributed by atoms with Gasteiger partial charge in [-0.15, -0.1) is 0 Å². The van der Waals surface area contributed by atoms with Crippen molar-refractivity contribution < 1.29 is 0 Å². The zero-order valence-electron chi connectivity index (χ0n) is 10.7. The van der Waals surface area contributed by atoms with Crippen molar-refractivity contribution in [2.24, 2.45) is 5.73 Å². The fourth-order valence-electron chi connectivity index (χ4n) is 3.66. The highest BCUT2D eigenvalue weighted by Gasteiger charge is 2.35. The molecule has 2 unspecified atom stereocenters. The third-order valence-corrected chi connectivity index (χ3v) is 4.50. The van der Waals surface area contributed by atoms with Gasteiger partial charge in [0.25, 0.3) is 0 Å². The van der Waals surface area contributed by atoms with E-state index in [1.54, 1.807) is 0 Å². The van der Waals surface area contributed by atoms with E-state index < -0.39 is 0 Å². The van der Waals surface area contributed by atoms with Gasteiger partial charge in [0.05, 0.1) is 0 Å². The standard InChI is InChI=1S/C17H16N2/c18-15-8-10-4-1-2-5-11(10)14-9-16(19)13-7-3-6-12(15)17(13)14/h1-7,14,16,18H,8-9,19H2. The van der Waals surface area contributed by atoms with Crippen LogP contribution < -0.4 is 5.73 Å². The van der Waals surface area contributed by atoms with Gasteiger partial charge >= 0.3 is 0 Å². The molecule has 2 nitrogen and oxygen atoms in total. The van der Waals surface area contributed by atoms with Gasteiger partial charge in [0.15, 0.2) is 0 Å². The highest BCUT2D eigenvalue weighted by Crippen LogP contribution is 2.47. The van der Waals surface area contributed by atoms with Crippen molar-refractivity contribution in [2.75, 3.05) is 0 Å². The van der Waals surface area contributed by atoms with E-state index in [2.05, 4.69) is 36.4 Å². The Hall–Kier alpha value is -1.93. The maximum absolute atomic E-state index is 8.38. The van der Waals surface area contributed by atoms with Crippen LogP contribution in [-0.2, 0) is 6.42 Å². The first-order valence-corrected chi connectivity index (χ1v) is 6.79. The Morgan fingerprint density at radius 3 is 2.68 bits per heavy atom. The Kier molecular flexibility index (Phi) is 2.18. The Labute approximate surface area is 112 Å². The van der Waals surface area contributed by atoms with Gasteiger partial charge in [-0.2, -0.15) is 0 Å². The minimum Gasteiger partial charge on any atom is -0.324 e. The van der Waals surface area contributed by atoms with Gasteiger partial charge in [-0.1, -0.05) is 42.5 Å². The molecule has 0 radical (unpaired) electrons. The van der Waals surface area contributed by atoms with Crippen LogP contribution in [0.3, 0.4) is 0 Å². The summed E-state index contributed by atoms with van der Waals surface area (Å²) in [5, 5.41) is 8.38. The molecule has 0 spiro atoms. The molecule has 2 heteroatoms. The molecule has 0 aliphatic heterocycles. The maximum Gasteiger partial charge on any atom is 0.0433 e. The lowest BCUT2D eigenvalue weighted by Gasteiger charge is -2.14. The third kappa shape index (κ3) is 1.44. The molecule has 4 rings (SSSR count). The highest BCUT2D eigenvalue weighted by atomic mass is 14.7. The van der Waals surface area contributed by atoms with Gasteiger partial charge in [-0.3, -0.25) is 0 Å². The highest BCUT2D eigenvalue weighted by molar-refractivity contribution is 6.02. The molecule has 2 aromatic carbocycles. The molecule has 0 saturated carbocycles. The van der Waals surface area contributed by atoms with Crippen LogP contribution in [-0.4, -0.2) is 5.71 Å². The minimum atomic E-state index is 0.110. The van der Waals surface area contributed by atoms with Crippen molar-refractivity contribution in [2.45, 2.75) is 24.8 Å². The van der Waals surface area contributed by atoms with Gasteiger partial charge in [-0.25, -0.2) is 0 Å². The normalized spacial score (nSPS) is 23.7. The predicted octanol–water partition coefficient (Wildman–Crippen LogP) is 3.15. The summed E-state index contributed by atoms with van der Waals surface area (Å²) >= 11 is 0. The molecule has 2 aliphatic carbocycles. The molecular formula is C17H16N2. The first kappa shape index (κ1) is 10.9. The molecule has 3 N–H and O–H groups in total. The van der Waals surface area contributed by atoms with E-state index in [-0.39, 0.29) is 6.04 Å². The quantitative estimate of drug-likeness (QED) is 0.739. The van der Waals surface area contributed by atoms with Crippen molar-refractivity contribution in [3.63, 3.8) is 0 Å². The van der Waals surface area contributed by atoms with E-state index >= 15 is 0 Å².